The van der Waals surface area contributed by atoms with Gasteiger partial charge >= 0.3 is 0 Å². The lowest BCUT2D eigenvalue weighted by molar-refractivity contribution is 0.615. The van der Waals surface area contributed by atoms with Crippen molar-refractivity contribution < 1.29 is 4.80 Å². The molecule has 1 aromatic rings. The summed E-state index contributed by atoms with van der Waals surface area (Å²) >= 11 is 5.60. The first kappa shape index (κ1) is 6.80. The van der Waals surface area contributed by atoms with E-state index in [0.717, 1.165) is 10.2 Å². The van der Waals surface area contributed by atoms with Crippen LogP contribution in [0.2, 0.25) is 5.02 Å². The molecule has 3 heteroatoms. The number of halogens is 1. The normalized spacial score (nSPS) is 10.9. The Kier molecular flexibility index (Phi) is 2.27. The predicted molar refractivity (Wildman–Crippen MR) is 41.8 cm³/mol. The lowest BCUT2D eigenvalue weighted by Gasteiger charge is -1.91. The van der Waals surface area contributed by atoms with Crippen LogP contribution in [0.3, 0.4) is 0 Å². The van der Waals surface area contributed by atoms with Gasteiger partial charge in [0.1, 0.15) is 0 Å². The molecule has 1 rings (SSSR count). The molecular formula is C6H7ClOSi. The molecule has 0 aliphatic heterocycles. The Morgan fingerprint density at radius 3 is 2.22 bits per heavy atom. The topological polar surface area (TPSA) is 20.2 Å². The minimum atomic E-state index is -0.983. The zero-order chi connectivity index (χ0) is 6.69. The van der Waals surface area contributed by atoms with E-state index in [1.54, 1.807) is 12.1 Å². The molecule has 0 saturated heterocycles. The number of benzene rings is 1. The van der Waals surface area contributed by atoms with Crippen molar-refractivity contribution in [3.63, 3.8) is 0 Å². The molecule has 0 atom stereocenters. The molecule has 1 nitrogen and oxygen atoms in total. The van der Waals surface area contributed by atoms with Gasteiger partial charge in [0.05, 0.1) is 0 Å². The Morgan fingerprint density at radius 2 is 1.78 bits per heavy atom. The average Bonchev–Trinajstić information content (AvgIpc) is 1.90. The van der Waals surface area contributed by atoms with Crippen LogP contribution in [0, 0.1) is 0 Å². The summed E-state index contributed by atoms with van der Waals surface area (Å²) < 4.78 is 0. The Bertz CT molecular complexity index is 185. The first-order chi connectivity index (χ1) is 4.33. The number of hydrogen-bond donors (Lipinski definition) is 1. The van der Waals surface area contributed by atoms with Gasteiger partial charge in [-0.05, 0) is 17.3 Å². The fraction of sp³-hybridized carbons (Fsp3) is 0. The van der Waals surface area contributed by atoms with Gasteiger partial charge in [0.25, 0.3) is 0 Å². The third kappa shape index (κ3) is 1.82. The summed E-state index contributed by atoms with van der Waals surface area (Å²) in [5.41, 5.74) is 0. The molecule has 9 heavy (non-hydrogen) atoms. The molecular weight excluding hydrogens is 152 g/mol. The lowest BCUT2D eigenvalue weighted by atomic mass is 10.4. The maximum atomic E-state index is 8.72. The zero-order valence-electron chi connectivity index (χ0n) is 4.84. The van der Waals surface area contributed by atoms with E-state index < -0.39 is 9.76 Å². The van der Waals surface area contributed by atoms with Crippen LogP contribution in [0.25, 0.3) is 0 Å². The second-order valence-electron chi connectivity index (χ2n) is 1.78. The second-order valence-corrected chi connectivity index (χ2v) is 3.35. The first-order valence-corrected chi connectivity index (χ1v) is 4.40. The summed E-state index contributed by atoms with van der Waals surface area (Å²) in [6, 6.07) is 7.29. The molecule has 0 heterocycles. The van der Waals surface area contributed by atoms with E-state index in [9.17, 15) is 0 Å². The summed E-state index contributed by atoms with van der Waals surface area (Å²) in [5, 5.41) is 1.75. The molecule has 0 amide bonds. The van der Waals surface area contributed by atoms with Crippen molar-refractivity contribution in [1.82, 2.24) is 0 Å². The standard InChI is InChI=1S/C6H7ClOSi/c7-5-1-3-6(9-8)4-2-5/h1-4,8H,9H2. The van der Waals surface area contributed by atoms with Crippen molar-refractivity contribution in [3.05, 3.63) is 29.3 Å². The maximum absolute atomic E-state index is 8.72. The Labute approximate surface area is 61.2 Å². The van der Waals surface area contributed by atoms with Gasteiger partial charge in [-0.15, -0.1) is 0 Å². The second kappa shape index (κ2) is 3.01. The maximum Gasteiger partial charge on any atom is 0.187 e. The van der Waals surface area contributed by atoms with Crippen molar-refractivity contribution >= 4 is 26.6 Å². The van der Waals surface area contributed by atoms with E-state index in [4.69, 9.17) is 16.4 Å². The van der Waals surface area contributed by atoms with E-state index in [0.29, 0.717) is 0 Å². The van der Waals surface area contributed by atoms with E-state index in [2.05, 4.69) is 0 Å². The molecule has 48 valence electrons. The molecule has 0 aliphatic rings. The minimum absolute atomic E-state index is 0.723. The van der Waals surface area contributed by atoms with Crippen LogP contribution in [0.15, 0.2) is 24.3 Å². The third-order valence-electron chi connectivity index (χ3n) is 1.10. The fourth-order valence-corrected chi connectivity index (χ4v) is 1.16. The van der Waals surface area contributed by atoms with Gasteiger partial charge in [0, 0.05) is 5.02 Å². The highest BCUT2D eigenvalue weighted by molar-refractivity contribution is 6.45. The molecule has 0 fully saturated rings. The lowest BCUT2D eigenvalue weighted by Crippen LogP contribution is -2.11. The van der Waals surface area contributed by atoms with E-state index in [-0.39, 0.29) is 0 Å². The van der Waals surface area contributed by atoms with Crippen LogP contribution in [0.4, 0.5) is 0 Å². The number of hydrogen-bond acceptors (Lipinski definition) is 1. The van der Waals surface area contributed by atoms with Crippen molar-refractivity contribution in [3.8, 4) is 0 Å². The molecule has 0 aliphatic carbocycles. The van der Waals surface area contributed by atoms with Gasteiger partial charge in [0.2, 0.25) is 0 Å². The molecule has 0 saturated carbocycles. The Balaban J connectivity index is 2.88. The summed E-state index contributed by atoms with van der Waals surface area (Å²) in [4.78, 5) is 8.72. The first-order valence-electron chi connectivity index (χ1n) is 2.68. The molecule has 0 unspecified atom stereocenters. The average molecular weight is 159 g/mol. The van der Waals surface area contributed by atoms with Gasteiger partial charge in [0.15, 0.2) is 9.76 Å². The SMILES string of the molecule is O[SiH2]c1ccc(Cl)cc1. The van der Waals surface area contributed by atoms with E-state index >= 15 is 0 Å². The Hall–Kier alpha value is -0.313. The molecule has 1 aromatic carbocycles. The van der Waals surface area contributed by atoms with Gasteiger partial charge in [-0.3, -0.25) is 0 Å². The minimum Gasteiger partial charge on any atom is -0.433 e. The van der Waals surface area contributed by atoms with Gasteiger partial charge in [-0.2, -0.15) is 0 Å². The summed E-state index contributed by atoms with van der Waals surface area (Å²) in [6.45, 7) is 0. The third-order valence-corrected chi connectivity index (χ3v) is 2.18. The van der Waals surface area contributed by atoms with Crippen molar-refractivity contribution in [2.24, 2.45) is 0 Å². The molecule has 0 aromatic heterocycles. The highest BCUT2D eigenvalue weighted by Crippen LogP contribution is 2.02. The quantitative estimate of drug-likeness (QED) is 0.573. The van der Waals surface area contributed by atoms with Crippen molar-refractivity contribution in [2.45, 2.75) is 0 Å². The zero-order valence-corrected chi connectivity index (χ0v) is 7.01. The molecule has 0 radical (unpaired) electrons. The smallest absolute Gasteiger partial charge is 0.187 e. The van der Waals surface area contributed by atoms with Gasteiger partial charge < -0.3 is 4.80 Å². The van der Waals surface area contributed by atoms with Crippen LogP contribution in [-0.2, 0) is 0 Å². The van der Waals surface area contributed by atoms with Crippen molar-refractivity contribution in [2.75, 3.05) is 0 Å². The fourth-order valence-electron chi connectivity index (χ4n) is 0.590. The summed E-state index contributed by atoms with van der Waals surface area (Å²) in [6.07, 6.45) is 0. The van der Waals surface area contributed by atoms with Gasteiger partial charge in [-0.25, -0.2) is 0 Å². The predicted octanol–water partition coefficient (Wildman–Crippen LogP) is 0.0414. The highest BCUT2D eigenvalue weighted by Gasteiger charge is 1.88. The summed E-state index contributed by atoms with van der Waals surface area (Å²) in [7, 11) is -0.983. The molecule has 0 bridgehead atoms. The van der Waals surface area contributed by atoms with E-state index in [1.165, 1.54) is 0 Å². The summed E-state index contributed by atoms with van der Waals surface area (Å²) in [5.74, 6) is 0. The van der Waals surface area contributed by atoms with Crippen molar-refractivity contribution in [1.29, 1.82) is 0 Å². The van der Waals surface area contributed by atoms with E-state index in [1.807, 2.05) is 12.1 Å². The van der Waals surface area contributed by atoms with Crippen LogP contribution in [0.1, 0.15) is 0 Å². The van der Waals surface area contributed by atoms with Crippen LogP contribution in [0.5, 0.6) is 0 Å². The van der Waals surface area contributed by atoms with Crippen LogP contribution < -0.4 is 5.19 Å². The van der Waals surface area contributed by atoms with Crippen LogP contribution in [-0.4, -0.2) is 14.6 Å². The largest absolute Gasteiger partial charge is 0.433 e. The molecule has 0 spiro atoms. The monoisotopic (exact) mass is 158 g/mol. The van der Waals surface area contributed by atoms with Crippen LogP contribution >= 0.6 is 11.6 Å². The Morgan fingerprint density at radius 1 is 1.22 bits per heavy atom. The molecule has 1 N–H and O–H groups in total. The number of rotatable bonds is 1. The van der Waals surface area contributed by atoms with Gasteiger partial charge in [-0.1, -0.05) is 23.7 Å². The highest BCUT2D eigenvalue weighted by atomic mass is 35.5.